The van der Waals surface area contributed by atoms with Crippen LogP contribution >= 0.6 is 0 Å². The molecule has 0 aromatic carbocycles. The Bertz CT molecular complexity index is 426. The second-order valence-electron chi connectivity index (χ2n) is 5.10. The number of carbonyl (C=O) groups excluding carboxylic acids is 1. The van der Waals surface area contributed by atoms with E-state index in [1.807, 2.05) is 0 Å². The van der Waals surface area contributed by atoms with Gasteiger partial charge in [0.15, 0.2) is 5.69 Å². The van der Waals surface area contributed by atoms with E-state index in [1.165, 1.54) is 19.9 Å². The van der Waals surface area contributed by atoms with Crippen LogP contribution in [0.2, 0.25) is 0 Å². The van der Waals surface area contributed by atoms with Gasteiger partial charge in [-0.05, 0) is 18.3 Å². The first-order valence-electron chi connectivity index (χ1n) is 6.25. The fourth-order valence-corrected chi connectivity index (χ4v) is 2.59. The van der Waals surface area contributed by atoms with Gasteiger partial charge in [-0.25, -0.2) is 14.8 Å². The number of hydrogen-bond acceptors (Lipinski definition) is 5. The molecule has 2 atom stereocenters. The zero-order valence-electron chi connectivity index (χ0n) is 11.1. The Morgan fingerprint density at radius 2 is 2.00 bits per heavy atom. The van der Waals surface area contributed by atoms with Crippen LogP contribution < -0.4 is 4.90 Å². The van der Waals surface area contributed by atoms with Crippen LogP contribution in [0.4, 0.5) is 5.82 Å². The number of anilines is 1. The van der Waals surface area contributed by atoms with Crippen molar-refractivity contribution >= 4 is 11.8 Å². The highest BCUT2D eigenvalue weighted by atomic mass is 16.5. The summed E-state index contributed by atoms with van der Waals surface area (Å²) in [5, 5.41) is 0. The van der Waals surface area contributed by atoms with Crippen molar-refractivity contribution in [3.63, 3.8) is 0 Å². The summed E-state index contributed by atoms with van der Waals surface area (Å²) < 4.78 is 4.67. The van der Waals surface area contributed by atoms with Crippen LogP contribution in [0, 0.1) is 11.8 Å². The molecule has 1 fully saturated rings. The first-order chi connectivity index (χ1) is 8.60. The third-order valence-corrected chi connectivity index (χ3v) is 3.24. The van der Waals surface area contributed by atoms with Crippen molar-refractivity contribution in [3.05, 3.63) is 18.1 Å². The smallest absolute Gasteiger partial charge is 0.356 e. The molecule has 0 aliphatic carbocycles. The molecule has 0 amide bonds. The zero-order chi connectivity index (χ0) is 13.1. The van der Waals surface area contributed by atoms with Gasteiger partial charge in [-0.15, -0.1) is 0 Å². The summed E-state index contributed by atoms with van der Waals surface area (Å²) >= 11 is 0. The standard InChI is InChI=1S/C13H19N3O2/c1-9-4-10(2)7-16(6-9)12-5-11(13(17)18-3)14-8-15-12/h5,8-10H,4,6-7H2,1-3H3/t9-,10-/m0/s1. The maximum atomic E-state index is 11.4. The van der Waals surface area contributed by atoms with E-state index in [9.17, 15) is 4.79 Å². The lowest BCUT2D eigenvalue weighted by molar-refractivity contribution is 0.0594. The third-order valence-electron chi connectivity index (χ3n) is 3.24. The number of aromatic nitrogens is 2. The first kappa shape index (κ1) is 12.8. The van der Waals surface area contributed by atoms with Gasteiger partial charge in [0.2, 0.25) is 0 Å². The van der Waals surface area contributed by atoms with Crippen LogP contribution in [-0.4, -0.2) is 36.1 Å². The average Bonchev–Trinajstić information content (AvgIpc) is 2.37. The third kappa shape index (κ3) is 2.78. The van der Waals surface area contributed by atoms with E-state index in [4.69, 9.17) is 0 Å². The minimum Gasteiger partial charge on any atom is -0.464 e. The maximum absolute atomic E-state index is 11.4. The molecule has 1 aliphatic rings. The molecule has 1 saturated heterocycles. The highest BCUT2D eigenvalue weighted by molar-refractivity contribution is 5.87. The van der Waals surface area contributed by atoms with Crippen molar-refractivity contribution in [2.45, 2.75) is 20.3 Å². The molecule has 0 radical (unpaired) electrons. The summed E-state index contributed by atoms with van der Waals surface area (Å²) in [7, 11) is 1.36. The maximum Gasteiger partial charge on any atom is 0.356 e. The van der Waals surface area contributed by atoms with Crippen molar-refractivity contribution in [2.24, 2.45) is 11.8 Å². The van der Waals surface area contributed by atoms with E-state index >= 15 is 0 Å². The summed E-state index contributed by atoms with van der Waals surface area (Å²) in [6, 6.07) is 1.70. The highest BCUT2D eigenvalue weighted by Crippen LogP contribution is 2.24. The van der Waals surface area contributed by atoms with Crippen molar-refractivity contribution in [1.29, 1.82) is 0 Å². The van der Waals surface area contributed by atoms with Crippen LogP contribution in [0.25, 0.3) is 0 Å². The Morgan fingerprint density at radius 3 is 2.61 bits per heavy atom. The molecule has 0 spiro atoms. The lowest BCUT2D eigenvalue weighted by atomic mass is 9.92. The minimum absolute atomic E-state index is 0.313. The van der Waals surface area contributed by atoms with Gasteiger partial charge in [0.25, 0.3) is 0 Å². The van der Waals surface area contributed by atoms with Crippen molar-refractivity contribution in [1.82, 2.24) is 9.97 Å². The number of hydrogen-bond donors (Lipinski definition) is 0. The highest BCUT2D eigenvalue weighted by Gasteiger charge is 2.23. The predicted octanol–water partition coefficient (Wildman–Crippen LogP) is 1.75. The quantitative estimate of drug-likeness (QED) is 0.747. The van der Waals surface area contributed by atoms with Gasteiger partial charge < -0.3 is 9.64 Å². The molecule has 1 aliphatic heterocycles. The van der Waals surface area contributed by atoms with Crippen molar-refractivity contribution < 1.29 is 9.53 Å². The number of nitrogens with zero attached hydrogens (tertiary/aromatic N) is 3. The Labute approximate surface area is 107 Å². The topological polar surface area (TPSA) is 55.3 Å². The van der Waals surface area contributed by atoms with Gasteiger partial charge in [0, 0.05) is 19.2 Å². The fourth-order valence-electron chi connectivity index (χ4n) is 2.59. The largest absolute Gasteiger partial charge is 0.464 e. The van der Waals surface area contributed by atoms with E-state index in [1.54, 1.807) is 6.07 Å². The number of ether oxygens (including phenoxy) is 1. The van der Waals surface area contributed by atoms with Crippen LogP contribution in [-0.2, 0) is 4.74 Å². The van der Waals surface area contributed by atoms with Gasteiger partial charge in [-0.3, -0.25) is 0 Å². The van der Waals surface area contributed by atoms with E-state index < -0.39 is 5.97 Å². The first-order valence-corrected chi connectivity index (χ1v) is 6.25. The second-order valence-corrected chi connectivity index (χ2v) is 5.10. The number of methoxy groups -OCH3 is 1. The Balaban J connectivity index is 2.20. The van der Waals surface area contributed by atoms with Gasteiger partial charge in [-0.2, -0.15) is 0 Å². The molecule has 0 bridgehead atoms. The molecule has 5 heteroatoms. The average molecular weight is 249 g/mol. The molecule has 1 aromatic rings. The normalized spacial score (nSPS) is 23.8. The molecular weight excluding hydrogens is 230 g/mol. The van der Waals surface area contributed by atoms with Crippen LogP contribution in [0.3, 0.4) is 0 Å². The Kier molecular flexibility index (Phi) is 3.79. The van der Waals surface area contributed by atoms with Crippen LogP contribution in [0.1, 0.15) is 30.8 Å². The fraction of sp³-hybridized carbons (Fsp3) is 0.615. The summed E-state index contributed by atoms with van der Waals surface area (Å²) in [6.45, 7) is 6.43. The monoisotopic (exact) mass is 249 g/mol. The number of rotatable bonds is 2. The summed E-state index contributed by atoms with van der Waals surface area (Å²) in [6.07, 6.45) is 2.66. The lowest BCUT2D eigenvalue weighted by Crippen LogP contribution is -2.39. The van der Waals surface area contributed by atoms with E-state index in [2.05, 4.69) is 33.5 Å². The molecule has 2 rings (SSSR count). The van der Waals surface area contributed by atoms with Crippen LogP contribution in [0.15, 0.2) is 12.4 Å². The molecular formula is C13H19N3O2. The summed E-state index contributed by atoms with van der Waals surface area (Å²) in [5.74, 6) is 1.68. The Morgan fingerprint density at radius 1 is 1.33 bits per heavy atom. The second kappa shape index (κ2) is 5.33. The molecule has 0 saturated carbocycles. The van der Waals surface area contributed by atoms with Gasteiger partial charge >= 0.3 is 5.97 Å². The minimum atomic E-state index is -0.420. The molecule has 2 heterocycles. The van der Waals surface area contributed by atoms with Crippen molar-refractivity contribution in [3.8, 4) is 0 Å². The number of piperidine rings is 1. The molecule has 0 N–H and O–H groups in total. The Hall–Kier alpha value is -1.65. The van der Waals surface area contributed by atoms with E-state index in [0.717, 1.165) is 18.9 Å². The molecule has 98 valence electrons. The van der Waals surface area contributed by atoms with Crippen LogP contribution in [0.5, 0.6) is 0 Å². The lowest BCUT2D eigenvalue weighted by Gasteiger charge is -2.35. The van der Waals surface area contributed by atoms with Gasteiger partial charge in [0.1, 0.15) is 12.1 Å². The summed E-state index contributed by atoms with van der Waals surface area (Å²) in [4.78, 5) is 21.8. The molecule has 1 aromatic heterocycles. The molecule has 5 nitrogen and oxygen atoms in total. The SMILES string of the molecule is COC(=O)c1cc(N2C[C@@H](C)C[C@H](C)C2)ncn1. The van der Waals surface area contributed by atoms with E-state index in [-0.39, 0.29) is 0 Å². The van der Waals surface area contributed by atoms with Gasteiger partial charge in [-0.1, -0.05) is 13.8 Å². The van der Waals surface area contributed by atoms with E-state index in [0.29, 0.717) is 17.5 Å². The predicted molar refractivity (Wildman–Crippen MR) is 68.5 cm³/mol. The molecule has 18 heavy (non-hydrogen) atoms. The van der Waals surface area contributed by atoms with Gasteiger partial charge in [0.05, 0.1) is 7.11 Å². The zero-order valence-corrected chi connectivity index (χ0v) is 11.1. The summed E-state index contributed by atoms with van der Waals surface area (Å²) in [5.41, 5.74) is 0.313. The number of esters is 1. The van der Waals surface area contributed by atoms with Crippen molar-refractivity contribution in [2.75, 3.05) is 25.1 Å². The number of carbonyl (C=O) groups is 1. The molecule has 0 unspecified atom stereocenters.